The molecule has 0 bridgehead atoms. The van der Waals surface area contributed by atoms with E-state index in [1.807, 2.05) is 33.0 Å². The van der Waals surface area contributed by atoms with Crippen molar-refractivity contribution in [1.29, 1.82) is 0 Å². The summed E-state index contributed by atoms with van der Waals surface area (Å²) < 4.78 is 0. The van der Waals surface area contributed by atoms with E-state index in [4.69, 9.17) is 0 Å². The SMILES string of the molecule is Cc1ccc(C(=O)C(=O)N2CCN(C)CC2)c(C)c1. The largest absolute Gasteiger partial charge is 0.333 e. The van der Waals surface area contributed by atoms with Crippen LogP contribution in [0.15, 0.2) is 18.2 Å². The summed E-state index contributed by atoms with van der Waals surface area (Å²) in [6, 6.07) is 5.56. The molecule has 0 N–H and O–H groups in total. The zero-order valence-corrected chi connectivity index (χ0v) is 11.8. The third-order valence-corrected chi connectivity index (χ3v) is 3.61. The van der Waals surface area contributed by atoms with Gasteiger partial charge in [0.1, 0.15) is 0 Å². The first-order chi connectivity index (χ1) is 8.99. The van der Waals surface area contributed by atoms with E-state index in [9.17, 15) is 9.59 Å². The Morgan fingerprint density at radius 2 is 1.68 bits per heavy atom. The summed E-state index contributed by atoms with van der Waals surface area (Å²) in [5, 5.41) is 0. The molecule has 4 nitrogen and oxygen atoms in total. The number of ketones is 1. The van der Waals surface area contributed by atoms with E-state index < -0.39 is 0 Å². The van der Waals surface area contributed by atoms with Crippen LogP contribution in [0, 0.1) is 13.8 Å². The second-order valence-corrected chi connectivity index (χ2v) is 5.24. The van der Waals surface area contributed by atoms with Crippen LogP contribution >= 0.6 is 0 Å². The van der Waals surface area contributed by atoms with Crippen LogP contribution in [0.25, 0.3) is 0 Å². The van der Waals surface area contributed by atoms with E-state index in [0.717, 1.165) is 24.2 Å². The fourth-order valence-electron chi connectivity index (χ4n) is 2.34. The zero-order valence-electron chi connectivity index (χ0n) is 11.8. The molecule has 4 heteroatoms. The number of rotatable bonds is 2. The van der Waals surface area contributed by atoms with Gasteiger partial charge in [-0.1, -0.05) is 23.8 Å². The van der Waals surface area contributed by atoms with Crippen molar-refractivity contribution in [3.05, 3.63) is 34.9 Å². The minimum Gasteiger partial charge on any atom is -0.333 e. The Labute approximate surface area is 114 Å². The van der Waals surface area contributed by atoms with Crippen molar-refractivity contribution >= 4 is 11.7 Å². The van der Waals surface area contributed by atoms with Crippen LogP contribution in [0.4, 0.5) is 0 Å². The number of amides is 1. The molecule has 1 aromatic rings. The van der Waals surface area contributed by atoms with Crippen molar-refractivity contribution in [3.63, 3.8) is 0 Å². The molecule has 0 unspecified atom stereocenters. The second-order valence-electron chi connectivity index (χ2n) is 5.24. The second kappa shape index (κ2) is 5.53. The van der Waals surface area contributed by atoms with E-state index >= 15 is 0 Å². The van der Waals surface area contributed by atoms with E-state index in [1.165, 1.54) is 0 Å². The maximum absolute atomic E-state index is 12.3. The lowest BCUT2D eigenvalue weighted by atomic mass is 10.0. The Balaban J connectivity index is 2.13. The minimum atomic E-state index is -0.387. The molecule has 0 aromatic heterocycles. The van der Waals surface area contributed by atoms with Gasteiger partial charge in [0.15, 0.2) is 0 Å². The van der Waals surface area contributed by atoms with Gasteiger partial charge in [-0.15, -0.1) is 0 Å². The summed E-state index contributed by atoms with van der Waals surface area (Å²) in [6.07, 6.45) is 0. The molecular weight excluding hydrogens is 240 g/mol. The quantitative estimate of drug-likeness (QED) is 0.594. The molecule has 0 radical (unpaired) electrons. The van der Waals surface area contributed by atoms with Gasteiger partial charge in [0, 0.05) is 31.7 Å². The van der Waals surface area contributed by atoms with Crippen LogP contribution < -0.4 is 0 Å². The average Bonchev–Trinajstić information content (AvgIpc) is 2.38. The zero-order chi connectivity index (χ0) is 14.0. The molecule has 1 heterocycles. The van der Waals surface area contributed by atoms with Crippen LogP contribution in [0.3, 0.4) is 0 Å². The average molecular weight is 260 g/mol. The lowest BCUT2D eigenvalue weighted by Gasteiger charge is -2.32. The van der Waals surface area contributed by atoms with E-state index in [2.05, 4.69) is 4.90 Å². The molecule has 19 heavy (non-hydrogen) atoms. The fourth-order valence-corrected chi connectivity index (χ4v) is 2.34. The van der Waals surface area contributed by atoms with Gasteiger partial charge in [-0.25, -0.2) is 0 Å². The highest BCUT2D eigenvalue weighted by Gasteiger charge is 2.26. The molecule has 0 saturated carbocycles. The maximum Gasteiger partial charge on any atom is 0.295 e. The first-order valence-corrected chi connectivity index (χ1v) is 6.58. The Morgan fingerprint density at radius 1 is 1.05 bits per heavy atom. The molecule has 1 aromatic carbocycles. The Bertz CT molecular complexity index is 503. The van der Waals surface area contributed by atoms with Crippen LogP contribution in [-0.2, 0) is 4.79 Å². The molecule has 1 saturated heterocycles. The molecular formula is C15H20N2O2. The molecule has 1 aliphatic rings. The highest BCUT2D eigenvalue weighted by molar-refractivity contribution is 6.43. The highest BCUT2D eigenvalue weighted by atomic mass is 16.2. The number of aryl methyl sites for hydroxylation is 2. The fraction of sp³-hybridized carbons (Fsp3) is 0.467. The molecule has 1 amide bonds. The summed E-state index contributed by atoms with van der Waals surface area (Å²) in [5.74, 6) is -0.762. The molecule has 0 aliphatic carbocycles. The molecule has 1 fully saturated rings. The number of Topliss-reactive ketones (excluding diaryl/α,β-unsaturated/α-hetero) is 1. The number of carbonyl (C=O) groups is 2. The first-order valence-electron chi connectivity index (χ1n) is 6.58. The summed E-state index contributed by atoms with van der Waals surface area (Å²) in [6.45, 7) is 6.76. The number of nitrogens with zero attached hydrogens (tertiary/aromatic N) is 2. The van der Waals surface area contributed by atoms with Gasteiger partial charge in [-0.3, -0.25) is 9.59 Å². The molecule has 102 valence electrons. The molecule has 2 rings (SSSR count). The van der Waals surface area contributed by atoms with E-state index in [0.29, 0.717) is 18.7 Å². The van der Waals surface area contributed by atoms with Gasteiger partial charge in [0.25, 0.3) is 11.7 Å². The lowest BCUT2D eigenvalue weighted by Crippen LogP contribution is -2.49. The third kappa shape index (κ3) is 3.01. The normalized spacial score (nSPS) is 16.5. The van der Waals surface area contributed by atoms with Crippen molar-refractivity contribution in [3.8, 4) is 0 Å². The Hall–Kier alpha value is -1.68. The van der Waals surface area contributed by atoms with E-state index in [-0.39, 0.29) is 11.7 Å². The predicted octanol–water partition coefficient (Wildman–Crippen LogP) is 1.26. The summed E-state index contributed by atoms with van der Waals surface area (Å²) in [4.78, 5) is 28.3. The number of hydrogen-bond acceptors (Lipinski definition) is 3. The minimum absolute atomic E-state index is 0.375. The van der Waals surface area contributed by atoms with Crippen LogP contribution in [0.1, 0.15) is 21.5 Å². The summed E-state index contributed by atoms with van der Waals surface area (Å²) >= 11 is 0. The highest BCUT2D eigenvalue weighted by Crippen LogP contribution is 2.13. The van der Waals surface area contributed by atoms with Crippen molar-refractivity contribution in [2.45, 2.75) is 13.8 Å². The number of piperazine rings is 1. The number of benzene rings is 1. The van der Waals surface area contributed by atoms with Crippen molar-refractivity contribution < 1.29 is 9.59 Å². The maximum atomic E-state index is 12.3. The topological polar surface area (TPSA) is 40.6 Å². The Morgan fingerprint density at radius 3 is 2.26 bits per heavy atom. The van der Waals surface area contributed by atoms with Crippen LogP contribution in [0.2, 0.25) is 0 Å². The monoisotopic (exact) mass is 260 g/mol. The molecule has 1 aliphatic heterocycles. The van der Waals surface area contributed by atoms with Crippen molar-refractivity contribution in [1.82, 2.24) is 9.80 Å². The van der Waals surface area contributed by atoms with Gasteiger partial charge in [-0.05, 0) is 26.5 Å². The van der Waals surface area contributed by atoms with Gasteiger partial charge in [-0.2, -0.15) is 0 Å². The van der Waals surface area contributed by atoms with Crippen molar-refractivity contribution in [2.24, 2.45) is 0 Å². The number of hydrogen-bond donors (Lipinski definition) is 0. The molecule has 0 atom stereocenters. The van der Waals surface area contributed by atoms with Gasteiger partial charge in [0.2, 0.25) is 0 Å². The number of likely N-dealkylation sites (N-methyl/N-ethyl adjacent to an activating group) is 1. The standard InChI is InChI=1S/C15H20N2O2/c1-11-4-5-13(12(2)10-11)14(18)15(19)17-8-6-16(3)7-9-17/h4-5,10H,6-9H2,1-3H3. The predicted molar refractivity (Wildman–Crippen MR) is 74.3 cm³/mol. The van der Waals surface area contributed by atoms with Gasteiger partial charge >= 0.3 is 0 Å². The van der Waals surface area contributed by atoms with Crippen LogP contribution in [0.5, 0.6) is 0 Å². The summed E-state index contributed by atoms with van der Waals surface area (Å²) in [7, 11) is 2.02. The van der Waals surface area contributed by atoms with E-state index in [1.54, 1.807) is 11.0 Å². The summed E-state index contributed by atoms with van der Waals surface area (Å²) in [5.41, 5.74) is 2.49. The number of carbonyl (C=O) groups excluding carboxylic acids is 2. The van der Waals surface area contributed by atoms with Crippen molar-refractivity contribution in [2.75, 3.05) is 33.2 Å². The van der Waals surface area contributed by atoms with Crippen LogP contribution in [-0.4, -0.2) is 54.7 Å². The lowest BCUT2D eigenvalue weighted by molar-refractivity contribution is -0.127. The van der Waals surface area contributed by atoms with Gasteiger partial charge < -0.3 is 9.80 Å². The third-order valence-electron chi connectivity index (χ3n) is 3.61. The smallest absolute Gasteiger partial charge is 0.295 e. The molecule has 0 spiro atoms. The first kappa shape index (κ1) is 13.7. The van der Waals surface area contributed by atoms with Gasteiger partial charge in [0.05, 0.1) is 0 Å². The Kier molecular flexibility index (Phi) is 4.00.